The SMILES string of the molecule is O=C(O)c1cc(-c2c(O)ccc3c2CCCC3)n[nH]1. The molecule has 0 bridgehead atoms. The van der Waals surface area contributed by atoms with Crippen molar-refractivity contribution in [2.75, 3.05) is 0 Å². The summed E-state index contributed by atoms with van der Waals surface area (Å²) in [6.45, 7) is 0. The van der Waals surface area contributed by atoms with Gasteiger partial charge in [-0.25, -0.2) is 4.79 Å². The predicted octanol–water partition coefficient (Wildman–Crippen LogP) is 2.36. The standard InChI is InChI=1S/C14H14N2O3/c17-12-6-5-8-3-1-2-4-9(8)13(12)10-7-11(14(18)19)16-15-10/h5-7,17H,1-4H2,(H,15,16)(H,18,19). The molecular weight excluding hydrogens is 244 g/mol. The topological polar surface area (TPSA) is 86.2 Å². The van der Waals surface area contributed by atoms with Gasteiger partial charge in [-0.15, -0.1) is 0 Å². The molecule has 2 aromatic rings. The summed E-state index contributed by atoms with van der Waals surface area (Å²) < 4.78 is 0. The van der Waals surface area contributed by atoms with Crippen LogP contribution in [0.25, 0.3) is 11.3 Å². The first-order valence-electron chi connectivity index (χ1n) is 6.29. The van der Waals surface area contributed by atoms with E-state index in [0.29, 0.717) is 11.3 Å². The van der Waals surface area contributed by atoms with Crippen LogP contribution in [0.5, 0.6) is 5.75 Å². The largest absolute Gasteiger partial charge is 0.507 e. The molecule has 98 valence electrons. The van der Waals surface area contributed by atoms with E-state index >= 15 is 0 Å². The minimum absolute atomic E-state index is 0.0304. The lowest BCUT2D eigenvalue weighted by atomic mass is 9.87. The van der Waals surface area contributed by atoms with Crippen LogP contribution < -0.4 is 0 Å². The highest BCUT2D eigenvalue weighted by Crippen LogP contribution is 2.37. The maximum atomic E-state index is 10.9. The lowest BCUT2D eigenvalue weighted by Crippen LogP contribution is -2.04. The van der Waals surface area contributed by atoms with Gasteiger partial charge in [-0.1, -0.05) is 6.07 Å². The molecule has 0 saturated heterocycles. The number of hydrogen-bond acceptors (Lipinski definition) is 3. The molecule has 1 aliphatic rings. The fourth-order valence-corrected chi connectivity index (χ4v) is 2.66. The number of aromatic nitrogens is 2. The van der Waals surface area contributed by atoms with Gasteiger partial charge in [0.05, 0.1) is 5.69 Å². The third-order valence-electron chi connectivity index (χ3n) is 3.58. The van der Waals surface area contributed by atoms with Crippen molar-refractivity contribution < 1.29 is 15.0 Å². The van der Waals surface area contributed by atoms with Crippen molar-refractivity contribution in [2.24, 2.45) is 0 Å². The van der Waals surface area contributed by atoms with Crippen LogP contribution in [-0.2, 0) is 12.8 Å². The Morgan fingerprint density at radius 1 is 1.26 bits per heavy atom. The number of carbonyl (C=O) groups is 1. The summed E-state index contributed by atoms with van der Waals surface area (Å²) in [5.41, 5.74) is 3.51. The number of nitrogens with one attached hydrogen (secondary N) is 1. The Morgan fingerprint density at radius 3 is 2.79 bits per heavy atom. The Labute approximate surface area is 109 Å². The van der Waals surface area contributed by atoms with Gasteiger partial charge < -0.3 is 10.2 Å². The Hall–Kier alpha value is -2.30. The number of hydrogen-bond donors (Lipinski definition) is 3. The second-order valence-electron chi connectivity index (χ2n) is 4.78. The van der Waals surface area contributed by atoms with Gasteiger partial charge in [0, 0.05) is 5.56 Å². The molecule has 0 fully saturated rings. The van der Waals surface area contributed by atoms with Crippen LogP contribution in [0.2, 0.25) is 0 Å². The van der Waals surface area contributed by atoms with Crippen molar-refractivity contribution in [3.8, 4) is 17.0 Å². The molecule has 0 radical (unpaired) electrons. The predicted molar refractivity (Wildman–Crippen MR) is 69.3 cm³/mol. The number of benzene rings is 1. The van der Waals surface area contributed by atoms with E-state index in [1.807, 2.05) is 6.07 Å². The molecule has 0 unspecified atom stereocenters. The summed E-state index contributed by atoms with van der Waals surface area (Å²) in [6.07, 6.45) is 4.13. The maximum Gasteiger partial charge on any atom is 0.353 e. The van der Waals surface area contributed by atoms with Crippen molar-refractivity contribution in [1.82, 2.24) is 10.2 Å². The Morgan fingerprint density at radius 2 is 2.05 bits per heavy atom. The molecule has 0 atom stereocenters. The molecule has 5 heteroatoms. The molecule has 0 saturated carbocycles. The van der Waals surface area contributed by atoms with Crippen molar-refractivity contribution in [3.05, 3.63) is 35.0 Å². The van der Waals surface area contributed by atoms with Crippen LogP contribution in [0.15, 0.2) is 18.2 Å². The molecule has 5 nitrogen and oxygen atoms in total. The fourth-order valence-electron chi connectivity index (χ4n) is 2.66. The Kier molecular flexibility index (Phi) is 2.74. The van der Waals surface area contributed by atoms with Crippen LogP contribution in [-0.4, -0.2) is 26.4 Å². The summed E-state index contributed by atoms with van der Waals surface area (Å²) in [5.74, 6) is -0.896. The minimum atomic E-state index is -1.05. The molecule has 0 aliphatic heterocycles. The average molecular weight is 258 g/mol. The fraction of sp³-hybridized carbons (Fsp3) is 0.286. The molecule has 3 N–H and O–H groups in total. The second kappa shape index (κ2) is 4.42. The van der Waals surface area contributed by atoms with E-state index in [4.69, 9.17) is 5.11 Å². The number of aromatic hydroxyl groups is 1. The molecule has 19 heavy (non-hydrogen) atoms. The van der Waals surface area contributed by atoms with Crippen molar-refractivity contribution in [3.63, 3.8) is 0 Å². The first-order chi connectivity index (χ1) is 9.16. The minimum Gasteiger partial charge on any atom is -0.507 e. The molecule has 0 amide bonds. The van der Waals surface area contributed by atoms with Gasteiger partial charge in [0.15, 0.2) is 0 Å². The Balaban J connectivity index is 2.15. The summed E-state index contributed by atoms with van der Waals surface area (Å²) in [7, 11) is 0. The third-order valence-corrected chi connectivity index (χ3v) is 3.58. The number of carboxylic acid groups (broad SMARTS) is 1. The van der Waals surface area contributed by atoms with Crippen LogP contribution in [0.1, 0.15) is 34.5 Å². The molecule has 1 aromatic heterocycles. The summed E-state index contributed by atoms with van der Waals surface area (Å²) >= 11 is 0. The second-order valence-corrected chi connectivity index (χ2v) is 4.78. The van der Waals surface area contributed by atoms with E-state index in [1.54, 1.807) is 6.07 Å². The normalized spacial score (nSPS) is 14.1. The van der Waals surface area contributed by atoms with Crippen molar-refractivity contribution >= 4 is 5.97 Å². The number of nitrogens with zero attached hydrogens (tertiary/aromatic N) is 1. The summed E-state index contributed by atoms with van der Waals surface area (Å²) in [6, 6.07) is 5.07. The van der Waals surface area contributed by atoms with E-state index in [-0.39, 0.29) is 11.4 Å². The van der Waals surface area contributed by atoms with E-state index in [1.165, 1.54) is 11.6 Å². The number of H-pyrrole nitrogens is 1. The van der Waals surface area contributed by atoms with E-state index in [9.17, 15) is 9.90 Å². The van der Waals surface area contributed by atoms with Crippen LogP contribution in [0, 0.1) is 0 Å². The van der Waals surface area contributed by atoms with Gasteiger partial charge in [0.1, 0.15) is 11.4 Å². The lowest BCUT2D eigenvalue weighted by Gasteiger charge is -2.19. The van der Waals surface area contributed by atoms with Gasteiger partial charge in [-0.2, -0.15) is 5.10 Å². The summed E-state index contributed by atoms with van der Waals surface area (Å²) in [4.78, 5) is 10.9. The Bertz CT molecular complexity index is 646. The van der Waals surface area contributed by atoms with Gasteiger partial charge in [-0.3, -0.25) is 5.10 Å². The monoisotopic (exact) mass is 258 g/mol. The quantitative estimate of drug-likeness (QED) is 0.771. The maximum absolute atomic E-state index is 10.9. The van der Waals surface area contributed by atoms with Crippen LogP contribution in [0.4, 0.5) is 0 Å². The van der Waals surface area contributed by atoms with Gasteiger partial charge in [0.2, 0.25) is 0 Å². The summed E-state index contributed by atoms with van der Waals surface area (Å²) in [5, 5.41) is 25.5. The molecule has 1 aromatic carbocycles. The van der Waals surface area contributed by atoms with Gasteiger partial charge >= 0.3 is 5.97 Å². The van der Waals surface area contributed by atoms with Crippen LogP contribution >= 0.6 is 0 Å². The van der Waals surface area contributed by atoms with Gasteiger partial charge in [0.25, 0.3) is 0 Å². The first kappa shape index (κ1) is 11.8. The van der Waals surface area contributed by atoms with E-state index in [0.717, 1.165) is 31.2 Å². The zero-order chi connectivity index (χ0) is 13.4. The highest BCUT2D eigenvalue weighted by molar-refractivity contribution is 5.87. The van der Waals surface area contributed by atoms with E-state index < -0.39 is 5.97 Å². The number of carboxylic acids is 1. The number of aromatic carboxylic acids is 1. The van der Waals surface area contributed by atoms with Gasteiger partial charge in [-0.05, 0) is 48.9 Å². The zero-order valence-electron chi connectivity index (χ0n) is 10.3. The number of rotatable bonds is 2. The number of phenolic OH excluding ortho intramolecular Hbond substituents is 1. The van der Waals surface area contributed by atoms with Crippen molar-refractivity contribution in [2.45, 2.75) is 25.7 Å². The number of fused-ring (bicyclic) bond motifs is 1. The zero-order valence-corrected chi connectivity index (χ0v) is 10.3. The van der Waals surface area contributed by atoms with Crippen molar-refractivity contribution in [1.29, 1.82) is 0 Å². The average Bonchev–Trinajstić information content (AvgIpc) is 2.88. The molecule has 1 aliphatic carbocycles. The first-order valence-corrected chi connectivity index (χ1v) is 6.29. The number of aryl methyl sites for hydroxylation is 1. The molecular formula is C14H14N2O3. The third kappa shape index (κ3) is 1.97. The molecule has 3 rings (SSSR count). The molecule has 0 spiro atoms. The highest BCUT2D eigenvalue weighted by Gasteiger charge is 2.20. The molecule has 1 heterocycles. The number of aromatic amines is 1. The highest BCUT2D eigenvalue weighted by atomic mass is 16.4. The van der Waals surface area contributed by atoms with E-state index in [2.05, 4.69) is 10.2 Å². The number of phenols is 1. The van der Waals surface area contributed by atoms with Crippen LogP contribution in [0.3, 0.4) is 0 Å². The lowest BCUT2D eigenvalue weighted by molar-refractivity contribution is 0.0690. The smallest absolute Gasteiger partial charge is 0.353 e.